The lowest BCUT2D eigenvalue weighted by atomic mass is 10.2. The van der Waals surface area contributed by atoms with Gasteiger partial charge in [-0.05, 0) is 30.3 Å². The lowest BCUT2D eigenvalue weighted by Crippen LogP contribution is -2.31. The number of rotatable bonds is 8. The highest BCUT2D eigenvalue weighted by Crippen LogP contribution is 2.17. The van der Waals surface area contributed by atoms with E-state index in [2.05, 4.69) is 15.3 Å². The predicted molar refractivity (Wildman–Crippen MR) is 109 cm³/mol. The zero-order valence-electron chi connectivity index (χ0n) is 16.0. The number of fused-ring (bicyclic) bond motifs is 1. The van der Waals surface area contributed by atoms with Crippen molar-refractivity contribution in [2.24, 2.45) is 0 Å². The Labute approximate surface area is 164 Å². The molecular weight excluding hydrogens is 376 g/mol. The van der Waals surface area contributed by atoms with Crippen LogP contribution in [0.5, 0.6) is 0 Å². The number of aromatic nitrogens is 2. The maximum absolute atomic E-state index is 12.6. The summed E-state index contributed by atoms with van der Waals surface area (Å²) in [4.78, 5) is 20.3. The number of H-pyrrole nitrogens is 1. The molecule has 148 valence electrons. The van der Waals surface area contributed by atoms with Gasteiger partial charge in [-0.2, -0.15) is 4.31 Å². The van der Waals surface area contributed by atoms with Crippen LogP contribution < -0.4 is 5.32 Å². The first-order chi connectivity index (χ1) is 13.5. The molecule has 0 radical (unpaired) electrons. The number of hydrogen-bond donors (Lipinski definition) is 2. The molecule has 3 rings (SSSR count). The van der Waals surface area contributed by atoms with E-state index in [4.69, 9.17) is 0 Å². The molecule has 3 aromatic rings. The van der Waals surface area contributed by atoms with E-state index in [1.807, 2.05) is 24.3 Å². The molecule has 0 atom stereocenters. The average Bonchev–Trinajstić information content (AvgIpc) is 3.11. The van der Waals surface area contributed by atoms with Crippen molar-refractivity contribution >= 4 is 27.0 Å². The molecule has 1 heterocycles. The highest BCUT2D eigenvalue weighted by atomic mass is 32.2. The molecule has 0 saturated heterocycles. The molecule has 2 N–H and O–H groups in total. The third-order valence-electron chi connectivity index (χ3n) is 4.53. The van der Waals surface area contributed by atoms with Crippen molar-refractivity contribution in [3.05, 3.63) is 59.9 Å². The van der Waals surface area contributed by atoms with Crippen LogP contribution in [0.1, 0.15) is 30.0 Å². The van der Waals surface area contributed by atoms with Gasteiger partial charge in [-0.1, -0.05) is 32.0 Å². The number of nitrogens with one attached hydrogen (secondary N) is 2. The molecule has 0 spiro atoms. The fourth-order valence-corrected chi connectivity index (χ4v) is 4.54. The first-order valence-electron chi connectivity index (χ1n) is 9.27. The van der Waals surface area contributed by atoms with Crippen molar-refractivity contribution in [2.75, 3.05) is 19.6 Å². The van der Waals surface area contributed by atoms with E-state index in [1.54, 1.807) is 26.0 Å². The molecule has 28 heavy (non-hydrogen) atoms. The zero-order valence-corrected chi connectivity index (χ0v) is 16.8. The van der Waals surface area contributed by atoms with E-state index in [0.29, 0.717) is 31.6 Å². The molecule has 8 heteroatoms. The number of carbonyl (C=O) groups is 1. The molecule has 2 aromatic carbocycles. The summed E-state index contributed by atoms with van der Waals surface area (Å²) in [6.07, 6.45) is 0.553. The minimum absolute atomic E-state index is 0.126. The molecule has 0 aliphatic carbocycles. The van der Waals surface area contributed by atoms with Crippen LogP contribution in [0.25, 0.3) is 11.0 Å². The number of amides is 1. The van der Waals surface area contributed by atoms with Gasteiger partial charge in [0.1, 0.15) is 5.82 Å². The summed E-state index contributed by atoms with van der Waals surface area (Å²) >= 11 is 0. The number of benzene rings is 2. The summed E-state index contributed by atoms with van der Waals surface area (Å²) in [5.41, 5.74) is 2.16. The monoisotopic (exact) mass is 400 g/mol. The van der Waals surface area contributed by atoms with Crippen molar-refractivity contribution in [1.82, 2.24) is 19.6 Å². The van der Waals surface area contributed by atoms with Gasteiger partial charge in [0, 0.05) is 31.6 Å². The van der Waals surface area contributed by atoms with Crippen LogP contribution in [0.15, 0.2) is 53.4 Å². The minimum atomic E-state index is -3.60. The average molecular weight is 401 g/mol. The fourth-order valence-electron chi connectivity index (χ4n) is 3.03. The van der Waals surface area contributed by atoms with Crippen molar-refractivity contribution in [2.45, 2.75) is 25.2 Å². The predicted octanol–water partition coefficient (Wildman–Crippen LogP) is 2.57. The Morgan fingerprint density at radius 1 is 1.11 bits per heavy atom. The number of nitrogens with zero attached hydrogens (tertiary/aromatic N) is 2. The largest absolute Gasteiger partial charge is 0.352 e. The van der Waals surface area contributed by atoms with Crippen molar-refractivity contribution in [3.8, 4) is 0 Å². The third-order valence-corrected chi connectivity index (χ3v) is 6.57. The summed E-state index contributed by atoms with van der Waals surface area (Å²) in [5, 5.41) is 2.82. The SMILES string of the molecule is CCN(CC)S(=O)(=O)c1cccc(C(=O)NCCc2nc3ccccc3[nH]2)c1. The Bertz CT molecular complexity index is 1040. The lowest BCUT2D eigenvalue weighted by molar-refractivity contribution is 0.0954. The lowest BCUT2D eigenvalue weighted by Gasteiger charge is -2.18. The summed E-state index contributed by atoms with van der Waals surface area (Å²) in [7, 11) is -3.60. The van der Waals surface area contributed by atoms with Gasteiger partial charge in [0.05, 0.1) is 15.9 Å². The Morgan fingerprint density at radius 3 is 2.57 bits per heavy atom. The van der Waals surface area contributed by atoms with Crippen molar-refractivity contribution in [1.29, 1.82) is 0 Å². The van der Waals surface area contributed by atoms with E-state index in [1.165, 1.54) is 16.4 Å². The van der Waals surface area contributed by atoms with Crippen LogP contribution in [0.4, 0.5) is 0 Å². The van der Waals surface area contributed by atoms with Gasteiger partial charge in [-0.3, -0.25) is 4.79 Å². The second kappa shape index (κ2) is 8.53. The second-order valence-electron chi connectivity index (χ2n) is 6.32. The molecule has 0 aliphatic rings. The van der Waals surface area contributed by atoms with Gasteiger partial charge in [0.15, 0.2) is 0 Å². The second-order valence-corrected chi connectivity index (χ2v) is 8.26. The van der Waals surface area contributed by atoms with E-state index in [-0.39, 0.29) is 10.8 Å². The fraction of sp³-hybridized carbons (Fsp3) is 0.300. The minimum Gasteiger partial charge on any atom is -0.352 e. The van der Waals surface area contributed by atoms with Crippen LogP contribution in [0.3, 0.4) is 0 Å². The summed E-state index contributed by atoms with van der Waals surface area (Å²) < 4.78 is 26.6. The van der Waals surface area contributed by atoms with Gasteiger partial charge < -0.3 is 10.3 Å². The van der Waals surface area contributed by atoms with Crippen LogP contribution in [0, 0.1) is 0 Å². The van der Waals surface area contributed by atoms with Crippen LogP contribution in [-0.2, 0) is 16.4 Å². The zero-order chi connectivity index (χ0) is 20.1. The van der Waals surface area contributed by atoms with Crippen molar-refractivity contribution < 1.29 is 13.2 Å². The number of carbonyl (C=O) groups excluding carboxylic acids is 1. The molecular formula is C20H24N4O3S. The highest BCUT2D eigenvalue weighted by Gasteiger charge is 2.22. The summed E-state index contributed by atoms with van der Waals surface area (Å²) in [6.45, 7) is 4.73. The first-order valence-corrected chi connectivity index (χ1v) is 10.7. The van der Waals surface area contributed by atoms with E-state index < -0.39 is 10.0 Å². The van der Waals surface area contributed by atoms with E-state index >= 15 is 0 Å². The van der Waals surface area contributed by atoms with E-state index in [9.17, 15) is 13.2 Å². The standard InChI is InChI=1S/C20H24N4O3S/c1-3-24(4-2)28(26,27)16-9-7-8-15(14-16)20(25)21-13-12-19-22-17-10-5-6-11-18(17)23-19/h5-11,14H,3-4,12-13H2,1-2H3,(H,21,25)(H,22,23). The van der Waals surface area contributed by atoms with E-state index in [0.717, 1.165) is 16.9 Å². The maximum Gasteiger partial charge on any atom is 0.251 e. The van der Waals surface area contributed by atoms with Crippen LogP contribution in [-0.4, -0.2) is 48.2 Å². The Balaban J connectivity index is 1.66. The van der Waals surface area contributed by atoms with Gasteiger partial charge in [-0.25, -0.2) is 13.4 Å². The van der Waals surface area contributed by atoms with Gasteiger partial charge >= 0.3 is 0 Å². The number of para-hydroxylation sites is 2. The Morgan fingerprint density at radius 2 is 1.86 bits per heavy atom. The first kappa shape index (κ1) is 20.0. The van der Waals surface area contributed by atoms with Gasteiger partial charge in [-0.15, -0.1) is 0 Å². The quantitative estimate of drug-likeness (QED) is 0.607. The maximum atomic E-state index is 12.6. The smallest absolute Gasteiger partial charge is 0.251 e. The number of aromatic amines is 1. The van der Waals surface area contributed by atoms with Gasteiger partial charge in [0.25, 0.3) is 5.91 Å². The topological polar surface area (TPSA) is 95.2 Å². The van der Waals surface area contributed by atoms with Crippen LogP contribution in [0.2, 0.25) is 0 Å². The van der Waals surface area contributed by atoms with Crippen LogP contribution >= 0.6 is 0 Å². The molecule has 0 bridgehead atoms. The number of hydrogen-bond acceptors (Lipinski definition) is 4. The molecule has 7 nitrogen and oxygen atoms in total. The molecule has 0 aliphatic heterocycles. The molecule has 0 saturated carbocycles. The van der Waals surface area contributed by atoms with Gasteiger partial charge in [0.2, 0.25) is 10.0 Å². The normalized spacial score (nSPS) is 11.8. The molecule has 1 aromatic heterocycles. The third kappa shape index (κ3) is 4.23. The summed E-state index contributed by atoms with van der Waals surface area (Å²) in [5.74, 6) is 0.479. The number of sulfonamides is 1. The highest BCUT2D eigenvalue weighted by molar-refractivity contribution is 7.89. The van der Waals surface area contributed by atoms with Crippen molar-refractivity contribution in [3.63, 3.8) is 0 Å². The number of imidazole rings is 1. The Kier molecular flexibility index (Phi) is 6.11. The molecule has 0 fully saturated rings. The molecule has 0 unspecified atom stereocenters. The Hall–Kier alpha value is -2.71. The summed E-state index contributed by atoms with van der Waals surface area (Å²) in [6, 6.07) is 13.9. The molecule has 1 amide bonds.